The largest absolute Gasteiger partial charge is 0.493 e. The van der Waals surface area contributed by atoms with Gasteiger partial charge in [-0.15, -0.1) is 20.4 Å². The Morgan fingerprint density at radius 1 is 1.03 bits per heavy atom. The molecule has 0 radical (unpaired) electrons. The Morgan fingerprint density at radius 3 is 2.48 bits per heavy atom. The third-order valence-electron chi connectivity index (χ3n) is 5.55. The molecule has 1 aliphatic carbocycles. The predicted molar refractivity (Wildman–Crippen MR) is 119 cm³/mol. The third kappa shape index (κ3) is 4.71. The van der Waals surface area contributed by atoms with Gasteiger partial charge in [-0.2, -0.15) is 0 Å². The van der Waals surface area contributed by atoms with Crippen LogP contribution in [-0.4, -0.2) is 39.2 Å². The zero-order valence-electron chi connectivity index (χ0n) is 18.5. The summed E-state index contributed by atoms with van der Waals surface area (Å²) in [6, 6.07) is 6.26. The molecule has 31 heavy (non-hydrogen) atoms. The molecule has 9 heteroatoms. The van der Waals surface area contributed by atoms with Crippen LogP contribution >= 0.6 is 11.8 Å². The summed E-state index contributed by atoms with van der Waals surface area (Å²) in [4.78, 5) is 0. The van der Waals surface area contributed by atoms with Gasteiger partial charge in [0.25, 0.3) is 0 Å². The lowest BCUT2D eigenvalue weighted by molar-refractivity contribution is 0.338. The Balaban J connectivity index is 1.65. The van der Waals surface area contributed by atoms with E-state index in [1.165, 1.54) is 19.3 Å². The number of nitrogens with zero attached hydrogens (tertiary/aromatic N) is 5. The molecule has 0 atom stereocenters. The fourth-order valence-electron chi connectivity index (χ4n) is 3.90. The van der Waals surface area contributed by atoms with Crippen LogP contribution in [0.3, 0.4) is 0 Å². The number of rotatable bonds is 8. The van der Waals surface area contributed by atoms with E-state index in [2.05, 4.69) is 25.0 Å². The van der Waals surface area contributed by atoms with Crippen molar-refractivity contribution in [2.45, 2.75) is 68.8 Å². The van der Waals surface area contributed by atoms with Crippen LogP contribution in [-0.2, 0) is 5.75 Å². The van der Waals surface area contributed by atoms with Crippen molar-refractivity contribution in [3.05, 3.63) is 30.0 Å². The van der Waals surface area contributed by atoms with Gasteiger partial charge in [-0.1, -0.05) is 44.9 Å². The highest BCUT2D eigenvalue weighted by Crippen LogP contribution is 2.38. The van der Waals surface area contributed by atoms with Crippen molar-refractivity contribution in [2.75, 3.05) is 14.2 Å². The van der Waals surface area contributed by atoms with Gasteiger partial charge in [-0.05, 0) is 31.0 Å². The molecule has 3 aromatic rings. The smallest absolute Gasteiger partial charge is 0.226 e. The van der Waals surface area contributed by atoms with Crippen molar-refractivity contribution in [3.8, 4) is 22.9 Å². The summed E-state index contributed by atoms with van der Waals surface area (Å²) in [5.74, 6) is 4.28. The normalized spacial score (nSPS) is 14.9. The van der Waals surface area contributed by atoms with Crippen LogP contribution in [0, 0.1) is 0 Å². The molecule has 0 aliphatic heterocycles. The van der Waals surface area contributed by atoms with Crippen LogP contribution in [0.25, 0.3) is 11.4 Å². The summed E-state index contributed by atoms with van der Waals surface area (Å²) in [7, 11) is 3.28. The van der Waals surface area contributed by atoms with Gasteiger partial charge in [-0.25, -0.2) is 0 Å². The van der Waals surface area contributed by atoms with Crippen molar-refractivity contribution in [1.82, 2.24) is 25.0 Å². The standard InChI is InChI=1S/C22H29N5O3S/c1-14(2)21-25-23-19(30-21)13-31-22-26-24-20(27(22)16-8-6-5-7-9-16)15-10-11-17(28-3)18(12-15)29-4/h10-12,14,16H,5-9,13H2,1-4H3. The molecule has 0 spiro atoms. The summed E-state index contributed by atoms with van der Waals surface area (Å²) in [6.07, 6.45) is 5.99. The van der Waals surface area contributed by atoms with Gasteiger partial charge < -0.3 is 13.9 Å². The van der Waals surface area contributed by atoms with E-state index in [0.29, 0.717) is 35.1 Å². The Hall–Kier alpha value is -2.55. The molecule has 4 rings (SSSR count). The van der Waals surface area contributed by atoms with Gasteiger partial charge in [0.05, 0.1) is 20.0 Å². The summed E-state index contributed by atoms with van der Waals surface area (Å²) < 4.78 is 18.9. The lowest BCUT2D eigenvalue weighted by Gasteiger charge is -2.25. The van der Waals surface area contributed by atoms with Gasteiger partial charge in [0.15, 0.2) is 22.5 Å². The SMILES string of the molecule is COc1ccc(-c2nnc(SCc3nnc(C(C)C)o3)n2C2CCCCC2)cc1OC. The van der Waals surface area contributed by atoms with E-state index in [-0.39, 0.29) is 5.92 Å². The highest BCUT2D eigenvalue weighted by Gasteiger charge is 2.25. The fourth-order valence-corrected chi connectivity index (χ4v) is 4.74. The van der Waals surface area contributed by atoms with Gasteiger partial charge in [0.2, 0.25) is 11.8 Å². The Morgan fingerprint density at radius 2 is 1.81 bits per heavy atom. The van der Waals surface area contributed by atoms with E-state index in [4.69, 9.17) is 13.9 Å². The average molecular weight is 444 g/mol. The third-order valence-corrected chi connectivity index (χ3v) is 6.48. The van der Waals surface area contributed by atoms with Crippen LogP contribution < -0.4 is 9.47 Å². The minimum atomic E-state index is 0.216. The fraction of sp³-hybridized carbons (Fsp3) is 0.545. The molecule has 2 heterocycles. The van der Waals surface area contributed by atoms with Crippen molar-refractivity contribution >= 4 is 11.8 Å². The van der Waals surface area contributed by atoms with Crippen molar-refractivity contribution in [1.29, 1.82) is 0 Å². The second kappa shape index (κ2) is 9.72. The minimum absolute atomic E-state index is 0.216. The highest BCUT2D eigenvalue weighted by atomic mass is 32.2. The van der Waals surface area contributed by atoms with E-state index < -0.39 is 0 Å². The van der Waals surface area contributed by atoms with E-state index in [1.807, 2.05) is 32.0 Å². The van der Waals surface area contributed by atoms with E-state index >= 15 is 0 Å². The predicted octanol–water partition coefficient (Wildman–Crippen LogP) is 5.27. The summed E-state index contributed by atoms with van der Waals surface area (Å²) in [6.45, 7) is 4.08. The molecular formula is C22H29N5O3S. The Kier molecular flexibility index (Phi) is 6.80. The number of hydrogen-bond donors (Lipinski definition) is 0. The molecule has 8 nitrogen and oxygen atoms in total. The quantitative estimate of drug-likeness (QED) is 0.435. The molecule has 1 aliphatic rings. The van der Waals surface area contributed by atoms with Gasteiger partial charge in [0.1, 0.15) is 0 Å². The molecule has 0 N–H and O–H groups in total. The monoisotopic (exact) mass is 443 g/mol. The summed E-state index contributed by atoms with van der Waals surface area (Å²) in [5, 5.41) is 18.3. The number of ether oxygens (including phenoxy) is 2. The van der Waals surface area contributed by atoms with Crippen LogP contribution in [0.5, 0.6) is 11.5 Å². The number of benzene rings is 1. The molecule has 0 unspecified atom stereocenters. The molecule has 1 saturated carbocycles. The van der Waals surface area contributed by atoms with Crippen LogP contribution in [0.1, 0.15) is 69.7 Å². The second-order valence-electron chi connectivity index (χ2n) is 8.02. The van der Waals surface area contributed by atoms with Crippen molar-refractivity contribution < 1.29 is 13.9 Å². The first-order valence-electron chi connectivity index (χ1n) is 10.7. The zero-order chi connectivity index (χ0) is 21.8. The molecule has 0 amide bonds. The van der Waals surface area contributed by atoms with Crippen molar-refractivity contribution in [3.63, 3.8) is 0 Å². The van der Waals surface area contributed by atoms with Gasteiger partial charge >= 0.3 is 0 Å². The Labute approximate surface area is 186 Å². The number of methoxy groups -OCH3 is 2. The van der Waals surface area contributed by atoms with E-state index in [0.717, 1.165) is 29.4 Å². The first kappa shape index (κ1) is 21.7. The Bertz CT molecular complexity index is 1010. The number of aromatic nitrogens is 5. The maximum atomic E-state index is 5.77. The molecule has 1 fully saturated rings. The summed E-state index contributed by atoms with van der Waals surface area (Å²) >= 11 is 1.59. The van der Waals surface area contributed by atoms with Crippen LogP contribution in [0.2, 0.25) is 0 Å². The molecule has 2 aromatic heterocycles. The van der Waals surface area contributed by atoms with Gasteiger partial charge in [-0.3, -0.25) is 4.57 Å². The highest BCUT2D eigenvalue weighted by molar-refractivity contribution is 7.98. The van der Waals surface area contributed by atoms with Gasteiger partial charge in [0, 0.05) is 17.5 Å². The topological polar surface area (TPSA) is 88.1 Å². The minimum Gasteiger partial charge on any atom is -0.493 e. The molecule has 0 bridgehead atoms. The summed E-state index contributed by atoms with van der Waals surface area (Å²) in [5.41, 5.74) is 0.961. The first-order valence-corrected chi connectivity index (χ1v) is 11.7. The molecular weight excluding hydrogens is 414 g/mol. The number of thioether (sulfide) groups is 1. The number of hydrogen-bond acceptors (Lipinski definition) is 8. The maximum Gasteiger partial charge on any atom is 0.226 e. The lowest BCUT2D eigenvalue weighted by atomic mass is 9.95. The van der Waals surface area contributed by atoms with E-state index in [1.54, 1.807) is 26.0 Å². The zero-order valence-corrected chi connectivity index (χ0v) is 19.3. The van der Waals surface area contributed by atoms with Crippen LogP contribution in [0.4, 0.5) is 0 Å². The average Bonchev–Trinajstić information content (AvgIpc) is 3.45. The maximum absolute atomic E-state index is 5.77. The van der Waals surface area contributed by atoms with E-state index in [9.17, 15) is 0 Å². The molecule has 166 valence electrons. The second-order valence-corrected chi connectivity index (χ2v) is 8.96. The molecule has 1 aromatic carbocycles. The van der Waals surface area contributed by atoms with Crippen LogP contribution in [0.15, 0.2) is 27.8 Å². The lowest BCUT2D eigenvalue weighted by Crippen LogP contribution is -2.15. The van der Waals surface area contributed by atoms with Crippen molar-refractivity contribution in [2.24, 2.45) is 0 Å². The molecule has 0 saturated heterocycles. The first-order chi connectivity index (χ1) is 15.1.